The van der Waals surface area contributed by atoms with Crippen LogP contribution in [-0.4, -0.2) is 13.1 Å². The van der Waals surface area contributed by atoms with Crippen LogP contribution < -0.4 is 10.6 Å². The van der Waals surface area contributed by atoms with Gasteiger partial charge in [0.2, 0.25) is 0 Å². The van der Waals surface area contributed by atoms with Gasteiger partial charge >= 0.3 is 0 Å². The topological polar surface area (TPSA) is 24.1 Å². The molecule has 0 heterocycles. The van der Waals surface area contributed by atoms with Crippen molar-refractivity contribution in [2.75, 3.05) is 23.7 Å². The highest BCUT2D eigenvalue weighted by atomic mass is 14.9. The summed E-state index contributed by atoms with van der Waals surface area (Å²) in [6.45, 7) is 1.69. The van der Waals surface area contributed by atoms with Crippen molar-refractivity contribution < 1.29 is 0 Å². The molecule has 6 aromatic rings. The summed E-state index contributed by atoms with van der Waals surface area (Å²) in [6.07, 6.45) is 0. The van der Waals surface area contributed by atoms with E-state index in [1.807, 2.05) is 0 Å². The fourth-order valence-corrected chi connectivity index (χ4v) is 4.64. The molecule has 32 heavy (non-hydrogen) atoms. The molecule has 0 saturated heterocycles. The molecule has 0 radical (unpaired) electrons. The summed E-state index contributed by atoms with van der Waals surface area (Å²) in [4.78, 5) is 0. The van der Waals surface area contributed by atoms with Crippen molar-refractivity contribution in [3.63, 3.8) is 0 Å². The van der Waals surface area contributed by atoms with Crippen LogP contribution in [0.1, 0.15) is 0 Å². The van der Waals surface area contributed by atoms with Gasteiger partial charge < -0.3 is 10.6 Å². The van der Waals surface area contributed by atoms with Crippen molar-refractivity contribution in [1.82, 2.24) is 0 Å². The molecular formula is C30H24N2. The highest BCUT2D eigenvalue weighted by Crippen LogP contribution is 2.30. The highest BCUT2D eigenvalue weighted by molar-refractivity contribution is 6.04. The summed E-state index contributed by atoms with van der Waals surface area (Å²) < 4.78 is 0. The van der Waals surface area contributed by atoms with E-state index in [2.05, 4.69) is 120 Å². The Morgan fingerprint density at radius 1 is 0.375 bits per heavy atom. The third-order valence-corrected chi connectivity index (χ3v) is 6.25. The van der Waals surface area contributed by atoms with Crippen LogP contribution in [0, 0.1) is 0 Å². The van der Waals surface area contributed by atoms with Gasteiger partial charge in [-0.3, -0.25) is 0 Å². The van der Waals surface area contributed by atoms with Gasteiger partial charge in [0.25, 0.3) is 0 Å². The van der Waals surface area contributed by atoms with Crippen LogP contribution >= 0.6 is 0 Å². The van der Waals surface area contributed by atoms with Gasteiger partial charge in [-0.2, -0.15) is 0 Å². The zero-order valence-electron chi connectivity index (χ0n) is 17.8. The molecule has 0 aliphatic carbocycles. The first kappa shape index (κ1) is 18.7. The monoisotopic (exact) mass is 412 g/mol. The lowest BCUT2D eigenvalue weighted by Crippen LogP contribution is -2.14. The Labute approximate surface area is 187 Å². The second-order valence-electron chi connectivity index (χ2n) is 8.31. The van der Waals surface area contributed by atoms with Gasteiger partial charge in [0.15, 0.2) is 0 Å². The highest BCUT2D eigenvalue weighted by Gasteiger charge is 2.05. The van der Waals surface area contributed by atoms with Crippen LogP contribution in [0.5, 0.6) is 0 Å². The van der Waals surface area contributed by atoms with Gasteiger partial charge in [-0.15, -0.1) is 0 Å². The third kappa shape index (κ3) is 3.40. The molecule has 6 rings (SSSR count). The number of benzene rings is 6. The standard InChI is InChI=1S/C30H24N2/c1-3-9-23-19-27-25(17-21(23)7-1)11-5-13-29(27)31-15-16-32-30-14-6-12-26-18-22-8-2-4-10-24(22)20-28(26)30/h1-14,17-20,31-32H,15-16H2. The number of anilines is 2. The normalized spacial score (nSPS) is 11.4. The first-order chi connectivity index (χ1) is 15.8. The minimum atomic E-state index is 0.843. The van der Waals surface area contributed by atoms with E-state index in [9.17, 15) is 0 Å². The van der Waals surface area contributed by atoms with Crippen LogP contribution in [0.3, 0.4) is 0 Å². The molecule has 0 amide bonds. The summed E-state index contributed by atoms with van der Waals surface area (Å²) in [7, 11) is 0. The lowest BCUT2D eigenvalue weighted by atomic mass is 10.0. The Morgan fingerprint density at radius 2 is 0.750 bits per heavy atom. The van der Waals surface area contributed by atoms with E-state index < -0.39 is 0 Å². The second kappa shape index (κ2) is 7.90. The van der Waals surface area contributed by atoms with Crippen LogP contribution in [0.25, 0.3) is 43.1 Å². The molecule has 2 nitrogen and oxygen atoms in total. The molecule has 0 bridgehead atoms. The lowest BCUT2D eigenvalue weighted by molar-refractivity contribution is 1.08. The van der Waals surface area contributed by atoms with Crippen molar-refractivity contribution in [2.45, 2.75) is 0 Å². The maximum Gasteiger partial charge on any atom is 0.0420 e. The van der Waals surface area contributed by atoms with Crippen molar-refractivity contribution >= 4 is 54.5 Å². The van der Waals surface area contributed by atoms with Gasteiger partial charge in [0.05, 0.1) is 0 Å². The van der Waals surface area contributed by atoms with Crippen LogP contribution in [-0.2, 0) is 0 Å². The maximum absolute atomic E-state index is 3.64. The Kier molecular flexibility index (Phi) is 4.62. The van der Waals surface area contributed by atoms with Gasteiger partial charge in [0.1, 0.15) is 0 Å². The molecular weight excluding hydrogens is 388 g/mol. The Balaban J connectivity index is 1.22. The molecule has 0 saturated carbocycles. The van der Waals surface area contributed by atoms with Crippen molar-refractivity contribution in [2.24, 2.45) is 0 Å². The zero-order valence-corrected chi connectivity index (χ0v) is 17.8. The van der Waals surface area contributed by atoms with E-state index in [1.54, 1.807) is 0 Å². The zero-order chi connectivity index (χ0) is 21.3. The quantitative estimate of drug-likeness (QED) is 0.223. The largest absolute Gasteiger partial charge is 0.383 e. The summed E-state index contributed by atoms with van der Waals surface area (Å²) in [5, 5.41) is 17.4. The van der Waals surface area contributed by atoms with E-state index in [4.69, 9.17) is 0 Å². The van der Waals surface area contributed by atoms with E-state index in [0.29, 0.717) is 0 Å². The molecule has 6 aromatic carbocycles. The Morgan fingerprint density at radius 3 is 1.19 bits per heavy atom. The summed E-state index contributed by atoms with van der Waals surface area (Å²) in [5.41, 5.74) is 2.36. The molecule has 0 fully saturated rings. The van der Waals surface area contributed by atoms with Crippen molar-refractivity contribution in [3.8, 4) is 0 Å². The van der Waals surface area contributed by atoms with Crippen molar-refractivity contribution in [3.05, 3.63) is 109 Å². The fourth-order valence-electron chi connectivity index (χ4n) is 4.64. The third-order valence-electron chi connectivity index (χ3n) is 6.25. The maximum atomic E-state index is 3.64. The average molecular weight is 413 g/mol. The smallest absolute Gasteiger partial charge is 0.0420 e. The number of nitrogens with one attached hydrogen (secondary N) is 2. The molecule has 0 aliphatic rings. The number of hydrogen-bond acceptors (Lipinski definition) is 2. The first-order valence-corrected chi connectivity index (χ1v) is 11.2. The summed E-state index contributed by atoms with van der Waals surface area (Å²) >= 11 is 0. The molecule has 0 atom stereocenters. The van der Waals surface area contributed by atoms with Crippen LogP contribution in [0.15, 0.2) is 109 Å². The Hall–Kier alpha value is -4.04. The van der Waals surface area contributed by atoms with Gasteiger partial charge in [-0.1, -0.05) is 72.8 Å². The lowest BCUT2D eigenvalue weighted by Gasteiger charge is -2.14. The summed E-state index contributed by atoms with van der Waals surface area (Å²) in [5.74, 6) is 0. The average Bonchev–Trinajstić information content (AvgIpc) is 2.84. The molecule has 0 aliphatic heterocycles. The van der Waals surface area contributed by atoms with E-state index >= 15 is 0 Å². The second-order valence-corrected chi connectivity index (χ2v) is 8.31. The van der Waals surface area contributed by atoms with Crippen LogP contribution in [0.2, 0.25) is 0 Å². The predicted molar refractivity (Wildman–Crippen MR) is 140 cm³/mol. The molecule has 0 spiro atoms. The number of rotatable bonds is 5. The fraction of sp³-hybridized carbons (Fsp3) is 0.0667. The van der Waals surface area contributed by atoms with E-state index in [1.165, 1.54) is 54.5 Å². The molecule has 2 heteroatoms. The molecule has 0 unspecified atom stereocenters. The predicted octanol–water partition coefficient (Wildman–Crippen LogP) is 7.82. The minimum Gasteiger partial charge on any atom is -0.383 e. The van der Waals surface area contributed by atoms with Gasteiger partial charge in [-0.05, 0) is 68.7 Å². The number of fused-ring (bicyclic) bond motifs is 4. The van der Waals surface area contributed by atoms with E-state index in [0.717, 1.165) is 13.1 Å². The molecule has 154 valence electrons. The Bertz CT molecular complexity index is 1460. The van der Waals surface area contributed by atoms with E-state index in [-0.39, 0.29) is 0 Å². The SMILES string of the molecule is c1ccc2cc3c(NCCNc4cccc5cc6ccccc6cc45)cccc3cc2c1. The minimum absolute atomic E-state index is 0.843. The summed E-state index contributed by atoms with van der Waals surface area (Å²) in [6, 6.07) is 39.2. The first-order valence-electron chi connectivity index (χ1n) is 11.2. The van der Waals surface area contributed by atoms with Crippen LogP contribution in [0.4, 0.5) is 11.4 Å². The van der Waals surface area contributed by atoms with Gasteiger partial charge in [0, 0.05) is 35.2 Å². The van der Waals surface area contributed by atoms with Gasteiger partial charge in [-0.25, -0.2) is 0 Å². The molecule has 2 N–H and O–H groups in total. The van der Waals surface area contributed by atoms with Crippen molar-refractivity contribution in [1.29, 1.82) is 0 Å². The molecule has 0 aromatic heterocycles. The number of hydrogen-bond donors (Lipinski definition) is 2.